The number of piperidine rings is 1. The van der Waals surface area contributed by atoms with Crippen LogP contribution >= 0.6 is 0 Å². The Morgan fingerprint density at radius 1 is 1.53 bits per heavy atom. The van der Waals surface area contributed by atoms with Gasteiger partial charge in [-0.3, -0.25) is 4.90 Å². The number of aromatic nitrogens is 1. The Morgan fingerprint density at radius 2 is 2.35 bits per heavy atom. The number of pyridine rings is 1. The Bertz CT molecular complexity index is 352. The van der Waals surface area contributed by atoms with Crippen LogP contribution < -0.4 is 10.5 Å². The summed E-state index contributed by atoms with van der Waals surface area (Å²) in [6, 6.07) is 4.27. The molecule has 94 valence electrons. The zero-order valence-electron chi connectivity index (χ0n) is 10.6. The molecular weight excluding hydrogens is 214 g/mol. The Hall–Kier alpha value is -1.13. The Labute approximate surface area is 103 Å². The fourth-order valence-electron chi connectivity index (χ4n) is 2.20. The van der Waals surface area contributed by atoms with Gasteiger partial charge in [0.25, 0.3) is 0 Å². The van der Waals surface area contributed by atoms with Gasteiger partial charge >= 0.3 is 0 Å². The number of methoxy groups -OCH3 is 1. The summed E-state index contributed by atoms with van der Waals surface area (Å²) in [4.78, 5) is 6.61. The largest absolute Gasteiger partial charge is 0.481 e. The van der Waals surface area contributed by atoms with Gasteiger partial charge < -0.3 is 10.5 Å². The van der Waals surface area contributed by atoms with Crippen LogP contribution in [0.1, 0.15) is 18.9 Å². The van der Waals surface area contributed by atoms with Gasteiger partial charge in [0.15, 0.2) is 0 Å². The van der Waals surface area contributed by atoms with E-state index in [-0.39, 0.29) is 0 Å². The van der Waals surface area contributed by atoms with Gasteiger partial charge in [-0.05, 0) is 24.4 Å². The molecule has 0 radical (unpaired) electrons. The van der Waals surface area contributed by atoms with E-state index in [9.17, 15) is 0 Å². The highest BCUT2D eigenvalue weighted by molar-refractivity contribution is 5.17. The predicted molar refractivity (Wildman–Crippen MR) is 67.8 cm³/mol. The summed E-state index contributed by atoms with van der Waals surface area (Å²) in [5.41, 5.74) is 7.31. The van der Waals surface area contributed by atoms with Gasteiger partial charge in [-0.25, -0.2) is 4.98 Å². The van der Waals surface area contributed by atoms with E-state index in [4.69, 9.17) is 10.5 Å². The van der Waals surface area contributed by atoms with Gasteiger partial charge in [0, 0.05) is 31.4 Å². The van der Waals surface area contributed by atoms with E-state index in [2.05, 4.69) is 22.9 Å². The van der Waals surface area contributed by atoms with Crippen LogP contribution in [0.5, 0.6) is 5.88 Å². The van der Waals surface area contributed by atoms with E-state index < -0.39 is 0 Å². The third-order valence-electron chi connectivity index (χ3n) is 3.51. The maximum absolute atomic E-state index is 6.09. The van der Waals surface area contributed by atoms with Gasteiger partial charge in [-0.15, -0.1) is 0 Å². The third kappa shape index (κ3) is 3.17. The highest BCUT2D eigenvalue weighted by Crippen LogP contribution is 2.17. The smallest absolute Gasteiger partial charge is 0.212 e. The van der Waals surface area contributed by atoms with Crippen LogP contribution in [-0.2, 0) is 6.54 Å². The second-order valence-electron chi connectivity index (χ2n) is 4.87. The standard InChI is InChI=1S/C13H21N3O/c1-10-5-6-16(9-12(10)14)8-11-3-4-13(17-2)15-7-11/h3-4,7,10,12H,5-6,8-9,14H2,1-2H3. The SMILES string of the molecule is COc1ccc(CN2CCC(C)C(N)C2)cn1. The van der Waals surface area contributed by atoms with E-state index in [0.717, 1.165) is 19.6 Å². The molecule has 0 aromatic carbocycles. The van der Waals surface area contributed by atoms with Crippen LogP contribution in [0.2, 0.25) is 0 Å². The Morgan fingerprint density at radius 3 is 2.94 bits per heavy atom. The lowest BCUT2D eigenvalue weighted by molar-refractivity contribution is 0.162. The zero-order chi connectivity index (χ0) is 12.3. The molecule has 2 unspecified atom stereocenters. The molecule has 0 bridgehead atoms. The van der Waals surface area contributed by atoms with Crippen LogP contribution in [0, 0.1) is 5.92 Å². The molecule has 1 aromatic rings. The van der Waals surface area contributed by atoms with E-state index in [1.807, 2.05) is 12.3 Å². The lowest BCUT2D eigenvalue weighted by Gasteiger charge is -2.34. The van der Waals surface area contributed by atoms with Crippen LogP contribution in [0.15, 0.2) is 18.3 Å². The number of nitrogens with two attached hydrogens (primary N) is 1. The molecule has 1 fully saturated rings. The number of hydrogen-bond acceptors (Lipinski definition) is 4. The van der Waals surface area contributed by atoms with Crippen LogP contribution in [-0.4, -0.2) is 36.1 Å². The average molecular weight is 235 g/mol. The molecule has 0 amide bonds. The molecule has 2 N–H and O–H groups in total. The number of nitrogens with zero attached hydrogens (tertiary/aromatic N) is 2. The first-order valence-electron chi connectivity index (χ1n) is 6.16. The number of ether oxygens (including phenoxy) is 1. The van der Waals surface area contributed by atoms with Crippen molar-refractivity contribution in [2.45, 2.75) is 25.9 Å². The minimum absolute atomic E-state index is 0.301. The lowest BCUT2D eigenvalue weighted by atomic mass is 9.94. The molecule has 0 aliphatic carbocycles. The summed E-state index contributed by atoms with van der Waals surface area (Å²) in [5, 5.41) is 0. The van der Waals surface area contributed by atoms with Gasteiger partial charge in [-0.2, -0.15) is 0 Å². The molecule has 0 spiro atoms. The molecule has 1 aromatic heterocycles. The van der Waals surface area contributed by atoms with Gasteiger partial charge in [0.05, 0.1) is 7.11 Å². The maximum Gasteiger partial charge on any atom is 0.212 e. The monoisotopic (exact) mass is 235 g/mol. The zero-order valence-corrected chi connectivity index (χ0v) is 10.6. The van der Waals surface area contributed by atoms with Crippen LogP contribution in [0.3, 0.4) is 0 Å². The molecule has 1 saturated heterocycles. The molecule has 2 heterocycles. The summed E-state index contributed by atoms with van der Waals surface area (Å²) in [6.45, 7) is 5.27. The van der Waals surface area contributed by atoms with Gasteiger partial charge in [0.1, 0.15) is 0 Å². The summed E-state index contributed by atoms with van der Waals surface area (Å²) in [6.07, 6.45) is 3.06. The predicted octanol–water partition coefficient (Wildman–Crippen LogP) is 1.26. The fourth-order valence-corrected chi connectivity index (χ4v) is 2.20. The van der Waals surface area contributed by atoms with E-state index >= 15 is 0 Å². The topological polar surface area (TPSA) is 51.4 Å². The second kappa shape index (κ2) is 5.47. The molecule has 1 aliphatic heterocycles. The quantitative estimate of drug-likeness (QED) is 0.857. The highest BCUT2D eigenvalue weighted by Gasteiger charge is 2.22. The Kier molecular flexibility index (Phi) is 3.97. The van der Waals surface area contributed by atoms with E-state index in [0.29, 0.717) is 17.8 Å². The van der Waals surface area contributed by atoms with Crippen molar-refractivity contribution in [3.05, 3.63) is 23.9 Å². The van der Waals surface area contributed by atoms with Crippen molar-refractivity contribution in [1.82, 2.24) is 9.88 Å². The summed E-state index contributed by atoms with van der Waals surface area (Å²) in [7, 11) is 1.63. The van der Waals surface area contributed by atoms with Crippen molar-refractivity contribution in [2.75, 3.05) is 20.2 Å². The minimum Gasteiger partial charge on any atom is -0.481 e. The minimum atomic E-state index is 0.301. The van der Waals surface area contributed by atoms with Crippen molar-refractivity contribution in [3.63, 3.8) is 0 Å². The number of likely N-dealkylation sites (tertiary alicyclic amines) is 1. The van der Waals surface area contributed by atoms with Gasteiger partial charge in [0.2, 0.25) is 5.88 Å². The highest BCUT2D eigenvalue weighted by atomic mass is 16.5. The normalized spacial score (nSPS) is 25.8. The second-order valence-corrected chi connectivity index (χ2v) is 4.87. The van der Waals surface area contributed by atoms with E-state index in [1.165, 1.54) is 12.0 Å². The van der Waals surface area contributed by atoms with Crippen molar-refractivity contribution < 1.29 is 4.74 Å². The average Bonchev–Trinajstić information content (AvgIpc) is 2.35. The lowest BCUT2D eigenvalue weighted by Crippen LogP contribution is -2.47. The Balaban J connectivity index is 1.92. The molecule has 1 aliphatic rings. The number of rotatable bonds is 3. The van der Waals surface area contributed by atoms with Crippen molar-refractivity contribution >= 4 is 0 Å². The summed E-state index contributed by atoms with van der Waals surface area (Å²) in [5.74, 6) is 1.30. The molecule has 2 atom stereocenters. The third-order valence-corrected chi connectivity index (χ3v) is 3.51. The first kappa shape index (κ1) is 12.3. The maximum atomic E-state index is 6.09. The molecule has 4 heteroatoms. The molecule has 4 nitrogen and oxygen atoms in total. The first-order chi connectivity index (χ1) is 8.19. The summed E-state index contributed by atoms with van der Waals surface area (Å²) < 4.78 is 5.05. The first-order valence-corrected chi connectivity index (χ1v) is 6.16. The fraction of sp³-hybridized carbons (Fsp3) is 0.615. The summed E-state index contributed by atoms with van der Waals surface area (Å²) >= 11 is 0. The molecule has 2 rings (SSSR count). The van der Waals surface area contributed by atoms with Crippen molar-refractivity contribution in [3.8, 4) is 5.88 Å². The molecular formula is C13H21N3O. The van der Waals surface area contributed by atoms with E-state index in [1.54, 1.807) is 7.11 Å². The molecule has 0 saturated carbocycles. The number of hydrogen-bond donors (Lipinski definition) is 1. The van der Waals surface area contributed by atoms with Gasteiger partial charge in [-0.1, -0.05) is 13.0 Å². The van der Waals surface area contributed by atoms with Crippen LogP contribution in [0.4, 0.5) is 0 Å². The van der Waals surface area contributed by atoms with Crippen molar-refractivity contribution in [2.24, 2.45) is 11.7 Å². The van der Waals surface area contributed by atoms with Crippen LogP contribution in [0.25, 0.3) is 0 Å². The van der Waals surface area contributed by atoms with Crippen molar-refractivity contribution in [1.29, 1.82) is 0 Å². The molecule has 17 heavy (non-hydrogen) atoms.